The quantitative estimate of drug-likeness (QED) is 0.851. The normalized spacial score (nSPS) is 20.6. The molecule has 0 saturated carbocycles. The average molecular weight is 395 g/mol. The summed E-state index contributed by atoms with van der Waals surface area (Å²) in [5, 5.41) is 8.64. The van der Waals surface area contributed by atoms with Crippen molar-refractivity contribution < 1.29 is 4.79 Å². The standard InChI is InChI=1S/C24H34N4O/c1-17(29)27-14-12-19(13-15-27)26-22-6-5-7-23-21(22)16-25-28(23)20-10-8-18(9-11-20)24(2,3)4/h8-11,16,19,22,26H,5-7,12-15H2,1-4H3/t22-/m0/s1. The zero-order valence-corrected chi connectivity index (χ0v) is 18.2. The number of carbonyl (C=O) groups excluding carboxylic acids is 1. The van der Waals surface area contributed by atoms with Gasteiger partial charge in [-0.2, -0.15) is 5.10 Å². The molecule has 1 fully saturated rings. The topological polar surface area (TPSA) is 50.2 Å². The van der Waals surface area contributed by atoms with E-state index < -0.39 is 0 Å². The van der Waals surface area contributed by atoms with Gasteiger partial charge < -0.3 is 10.2 Å². The molecule has 2 aliphatic rings. The summed E-state index contributed by atoms with van der Waals surface area (Å²) in [4.78, 5) is 13.5. The second-order valence-corrected chi connectivity index (χ2v) is 9.65. The Morgan fingerprint density at radius 1 is 1.10 bits per heavy atom. The van der Waals surface area contributed by atoms with Crippen LogP contribution in [0.2, 0.25) is 0 Å². The van der Waals surface area contributed by atoms with Gasteiger partial charge in [0.25, 0.3) is 0 Å². The molecule has 0 unspecified atom stereocenters. The van der Waals surface area contributed by atoms with Crippen LogP contribution < -0.4 is 5.32 Å². The van der Waals surface area contributed by atoms with E-state index in [4.69, 9.17) is 5.10 Å². The lowest BCUT2D eigenvalue weighted by Crippen LogP contribution is -2.45. The number of amides is 1. The largest absolute Gasteiger partial charge is 0.343 e. The predicted molar refractivity (Wildman–Crippen MR) is 116 cm³/mol. The smallest absolute Gasteiger partial charge is 0.219 e. The van der Waals surface area contributed by atoms with E-state index in [1.165, 1.54) is 23.2 Å². The maximum atomic E-state index is 11.6. The first kappa shape index (κ1) is 20.1. The molecule has 1 aromatic carbocycles. The second-order valence-electron chi connectivity index (χ2n) is 9.65. The van der Waals surface area contributed by atoms with Gasteiger partial charge in [-0.25, -0.2) is 4.68 Å². The van der Waals surface area contributed by atoms with Crippen LogP contribution in [0.1, 0.15) is 76.2 Å². The fourth-order valence-corrected chi connectivity index (χ4v) is 4.70. The molecule has 0 radical (unpaired) electrons. The van der Waals surface area contributed by atoms with Crippen molar-refractivity contribution in [3.63, 3.8) is 0 Å². The molecule has 1 aromatic heterocycles. The van der Waals surface area contributed by atoms with Gasteiger partial charge in [-0.05, 0) is 55.2 Å². The summed E-state index contributed by atoms with van der Waals surface area (Å²) in [5.74, 6) is 0.196. The molecule has 2 heterocycles. The van der Waals surface area contributed by atoms with Gasteiger partial charge in [0.2, 0.25) is 5.91 Å². The highest BCUT2D eigenvalue weighted by Crippen LogP contribution is 2.32. The number of fused-ring (bicyclic) bond motifs is 1. The van der Waals surface area contributed by atoms with E-state index in [0.717, 1.165) is 44.5 Å². The number of benzene rings is 1. The lowest BCUT2D eigenvalue weighted by Gasteiger charge is -2.35. The number of hydrogen-bond donors (Lipinski definition) is 1. The summed E-state index contributed by atoms with van der Waals surface area (Å²) in [7, 11) is 0. The number of likely N-dealkylation sites (tertiary alicyclic amines) is 1. The van der Waals surface area contributed by atoms with Gasteiger partial charge in [-0.1, -0.05) is 32.9 Å². The SMILES string of the molecule is CC(=O)N1CCC(N[C@H]2CCCc3c2cnn3-c2ccc(C(C)(C)C)cc2)CC1. The van der Waals surface area contributed by atoms with Gasteiger partial charge in [-0.15, -0.1) is 0 Å². The Labute approximate surface area is 174 Å². The zero-order chi connectivity index (χ0) is 20.6. The first-order valence-electron chi connectivity index (χ1n) is 11.0. The number of nitrogens with zero attached hydrogens (tertiary/aromatic N) is 3. The fourth-order valence-electron chi connectivity index (χ4n) is 4.70. The third kappa shape index (κ3) is 4.25. The van der Waals surface area contributed by atoms with Crippen molar-refractivity contribution in [2.24, 2.45) is 0 Å². The van der Waals surface area contributed by atoms with E-state index >= 15 is 0 Å². The molecule has 4 rings (SSSR count). The lowest BCUT2D eigenvalue weighted by molar-refractivity contribution is -0.129. The molecule has 5 heteroatoms. The Morgan fingerprint density at radius 2 is 1.79 bits per heavy atom. The van der Waals surface area contributed by atoms with E-state index in [9.17, 15) is 4.79 Å². The van der Waals surface area contributed by atoms with Crippen molar-refractivity contribution in [1.29, 1.82) is 0 Å². The Kier molecular flexibility index (Phi) is 5.52. The van der Waals surface area contributed by atoms with Gasteiger partial charge in [0.1, 0.15) is 0 Å². The van der Waals surface area contributed by atoms with Crippen molar-refractivity contribution in [1.82, 2.24) is 20.0 Å². The second kappa shape index (κ2) is 7.94. The van der Waals surface area contributed by atoms with Gasteiger partial charge in [0, 0.05) is 43.4 Å². The lowest BCUT2D eigenvalue weighted by atomic mass is 9.87. The number of hydrogen-bond acceptors (Lipinski definition) is 3. The Balaban J connectivity index is 1.49. The summed E-state index contributed by atoms with van der Waals surface area (Å²) < 4.78 is 2.13. The highest BCUT2D eigenvalue weighted by molar-refractivity contribution is 5.73. The van der Waals surface area contributed by atoms with Crippen LogP contribution in [0.3, 0.4) is 0 Å². The van der Waals surface area contributed by atoms with Gasteiger partial charge >= 0.3 is 0 Å². The highest BCUT2D eigenvalue weighted by Gasteiger charge is 2.28. The highest BCUT2D eigenvalue weighted by atomic mass is 16.2. The molecule has 1 saturated heterocycles. The number of piperidine rings is 1. The van der Waals surface area contributed by atoms with Gasteiger partial charge in [0.05, 0.1) is 11.9 Å². The molecule has 0 bridgehead atoms. The van der Waals surface area contributed by atoms with Crippen LogP contribution in [0.4, 0.5) is 0 Å². The van der Waals surface area contributed by atoms with Crippen molar-refractivity contribution in [2.45, 2.75) is 77.3 Å². The first-order chi connectivity index (χ1) is 13.8. The van der Waals surface area contributed by atoms with Crippen LogP contribution in [0.25, 0.3) is 5.69 Å². The maximum Gasteiger partial charge on any atom is 0.219 e. The van der Waals surface area contributed by atoms with E-state index in [-0.39, 0.29) is 11.3 Å². The van der Waals surface area contributed by atoms with E-state index in [1.54, 1.807) is 6.92 Å². The molecule has 156 valence electrons. The molecule has 2 aromatic rings. The number of aromatic nitrogens is 2. The summed E-state index contributed by atoms with van der Waals surface area (Å²) in [6, 6.07) is 9.70. The Morgan fingerprint density at radius 3 is 2.41 bits per heavy atom. The molecule has 1 N–H and O–H groups in total. The van der Waals surface area contributed by atoms with Crippen LogP contribution in [0.5, 0.6) is 0 Å². The summed E-state index contributed by atoms with van der Waals surface area (Å²) in [5.41, 5.74) is 5.35. The monoisotopic (exact) mass is 394 g/mol. The Hall–Kier alpha value is -2.14. The number of rotatable bonds is 3. The summed E-state index contributed by atoms with van der Waals surface area (Å²) in [6.07, 6.45) is 7.56. The van der Waals surface area contributed by atoms with Crippen molar-refractivity contribution in [2.75, 3.05) is 13.1 Å². The minimum atomic E-state index is 0.162. The molecule has 1 atom stereocenters. The van der Waals surface area contributed by atoms with Crippen molar-refractivity contribution >= 4 is 5.91 Å². The fraction of sp³-hybridized carbons (Fsp3) is 0.583. The third-order valence-electron chi connectivity index (χ3n) is 6.54. The van der Waals surface area contributed by atoms with Gasteiger partial charge in [-0.3, -0.25) is 4.79 Å². The summed E-state index contributed by atoms with van der Waals surface area (Å²) >= 11 is 0. The molecular formula is C24H34N4O. The molecular weight excluding hydrogens is 360 g/mol. The van der Waals surface area contributed by atoms with Crippen LogP contribution in [-0.4, -0.2) is 39.7 Å². The first-order valence-corrected chi connectivity index (χ1v) is 11.0. The van der Waals surface area contributed by atoms with Gasteiger partial charge in [0.15, 0.2) is 0 Å². The number of nitrogens with one attached hydrogen (secondary N) is 1. The maximum absolute atomic E-state index is 11.6. The molecule has 1 aliphatic carbocycles. The van der Waals surface area contributed by atoms with Crippen LogP contribution in [-0.2, 0) is 16.6 Å². The predicted octanol–water partition coefficient (Wildman–Crippen LogP) is 4.15. The molecule has 0 spiro atoms. The van der Waals surface area contributed by atoms with E-state index in [0.29, 0.717) is 12.1 Å². The van der Waals surface area contributed by atoms with Crippen molar-refractivity contribution in [3.8, 4) is 5.69 Å². The van der Waals surface area contributed by atoms with Crippen LogP contribution in [0.15, 0.2) is 30.5 Å². The van der Waals surface area contributed by atoms with Crippen LogP contribution >= 0.6 is 0 Å². The van der Waals surface area contributed by atoms with Crippen LogP contribution in [0, 0.1) is 0 Å². The molecule has 1 amide bonds. The van der Waals surface area contributed by atoms with Crippen molar-refractivity contribution in [3.05, 3.63) is 47.3 Å². The minimum Gasteiger partial charge on any atom is -0.343 e. The van der Waals surface area contributed by atoms with E-state index in [2.05, 4.69) is 61.2 Å². The third-order valence-corrected chi connectivity index (χ3v) is 6.54. The average Bonchev–Trinajstić information content (AvgIpc) is 3.13. The molecule has 1 aliphatic heterocycles. The Bertz CT molecular complexity index is 854. The minimum absolute atomic E-state index is 0.162. The van der Waals surface area contributed by atoms with E-state index in [1.807, 2.05) is 4.90 Å². The number of carbonyl (C=O) groups is 1. The molecule has 29 heavy (non-hydrogen) atoms. The summed E-state index contributed by atoms with van der Waals surface area (Å²) in [6.45, 7) is 10.1. The zero-order valence-electron chi connectivity index (χ0n) is 18.2. The molecule has 5 nitrogen and oxygen atoms in total.